The van der Waals surface area contributed by atoms with Crippen LogP contribution in [0.3, 0.4) is 0 Å². The predicted octanol–water partition coefficient (Wildman–Crippen LogP) is 4.25. The lowest BCUT2D eigenvalue weighted by atomic mass is 9.82. The van der Waals surface area contributed by atoms with Gasteiger partial charge in [0.2, 0.25) is 0 Å². The van der Waals surface area contributed by atoms with Crippen molar-refractivity contribution in [2.45, 2.75) is 38.0 Å². The molecule has 1 aliphatic carbocycles. The summed E-state index contributed by atoms with van der Waals surface area (Å²) in [4.78, 5) is 2.57. The summed E-state index contributed by atoms with van der Waals surface area (Å²) < 4.78 is 0. The Morgan fingerprint density at radius 3 is 2.56 bits per heavy atom. The van der Waals surface area contributed by atoms with Gasteiger partial charge in [-0.05, 0) is 52.3 Å². The van der Waals surface area contributed by atoms with Gasteiger partial charge in [-0.15, -0.1) is 0 Å². The number of hydrogen-bond acceptors (Lipinski definition) is 2. The first-order valence-electron chi connectivity index (χ1n) is 9.29. The minimum atomic E-state index is -0.364. The highest BCUT2D eigenvalue weighted by atomic mass is 16.3. The SMILES string of the molecule is OC1CC(N2CCc3ccccc3C2)Cc2ccc3ccccc3c21. The van der Waals surface area contributed by atoms with Crippen LogP contribution in [0.15, 0.2) is 60.7 Å². The fraction of sp³-hybridized carbons (Fsp3) is 0.304. The lowest BCUT2D eigenvalue weighted by molar-refractivity contribution is 0.0826. The van der Waals surface area contributed by atoms with Crippen molar-refractivity contribution in [3.05, 3.63) is 82.9 Å². The van der Waals surface area contributed by atoms with E-state index in [4.69, 9.17) is 0 Å². The first-order valence-corrected chi connectivity index (χ1v) is 9.29. The highest BCUT2D eigenvalue weighted by Crippen LogP contribution is 2.38. The molecule has 1 aliphatic heterocycles. The molecule has 2 nitrogen and oxygen atoms in total. The van der Waals surface area contributed by atoms with Crippen molar-refractivity contribution in [1.82, 2.24) is 4.90 Å². The van der Waals surface area contributed by atoms with Gasteiger partial charge >= 0.3 is 0 Å². The van der Waals surface area contributed by atoms with Crippen LogP contribution >= 0.6 is 0 Å². The fourth-order valence-corrected chi connectivity index (χ4v) is 4.73. The molecule has 5 rings (SSSR count). The number of benzene rings is 3. The molecule has 1 N–H and O–H groups in total. The van der Waals surface area contributed by atoms with Crippen molar-refractivity contribution in [3.8, 4) is 0 Å². The van der Waals surface area contributed by atoms with Gasteiger partial charge in [0.1, 0.15) is 0 Å². The molecule has 2 aliphatic rings. The Hall–Kier alpha value is -2.16. The lowest BCUT2D eigenvalue weighted by Crippen LogP contribution is -2.43. The zero-order chi connectivity index (χ0) is 16.8. The summed E-state index contributed by atoms with van der Waals surface area (Å²) in [7, 11) is 0. The van der Waals surface area contributed by atoms with Crippen LogP contribution in [0.2, 0.25) is 0 Å². The van der Waals surface area contributed by atoms with Crippen molar-refractivity contribution in [1.29, 1.82) is 0 Å². The van der Waals surface area contributed by atoms with Gasteiger partial charge in [-0.1, -0.05) is 60.7 Å². The molecule has 2 unspecified atom stereocenters. The molecule has 0 radical (unpaired) electrons. The molecule has 3 aromatic carbocycles. The van der Waals surface area contributed by atoms with Gasteiger partial charge in [-0.25, -0.2) is 0 Å². The molecule has 2 atom stereocenters. The Bertz CT molecular complexity index is 932. The van der Waals surface area contributed by atoms with Crippen LogP contribution in [-0.4, -0.2) is 22.6 Å². The number of fused-ring (bicyclic) bond motifs is 4. The lowest BCUT2D eigenvalue weighted by Gasteiger charge is -2.40. The smallest absolute Gasteiger partial charge is 0.0813 e. The van der Waals surface area contributed by atoms with Crippen LogP contribution < -0.4 is 0 Å². The van der Waals surface area contributed by atoms with Crippen LogP contribution in [0.1, 0.15) is 34.8 Å². The van der Waals surface area contributed by atoms with E-state index in [0.717, 1.165) is 37.9 Å². The molecule has 126 valence electrons. The average molecular weight is 329 g/mol. The molecule has 3 aromatic rings. The van der Waals surface area contributed by atoms with Gasteiger partial charge in [-0.3, -0.25) is 4.90 Å². The van der Waals surface area contributed by atoms with E-state index in [2.05, 4.69) is 65.6 Å². The quantitative estimate of drug-likeness (QED) is 0.721. The Kier molecular flexibility index (Phi) is 3.61. The first kappa shape index (κ1) is 15.1. The largest absolute Gasteiger partial charge is 0.388 e. The van der Waals surface area contributed by atoms with Crippen molar-refractivity contribution >= 4 is 10.8 Å². The predicted molar refractivity (Wildman–Crippen MR) is 102 cm³/mol. The number of aliphatic hydroxyl groups is 1. The molecule has 0 amide bonds. The van der Waals surface area contributed by atoms with Crippen LogP contribution in [-0.2, 0) is 19.4 Å². The van der Waals surface area contributed by atoms with Gasteiger partial charge in [-0.2, -0.15) is 0 Å². The van der Waals surface area contributed by atoms with E-state index >= 15 is 0 Å². The van der Waals surface area contributed by atoms with E-state index in [9.17, 15) is 5.11 Å². The molecule has 0 fully saturated rings. The Balaban J connectivity index is 1.47. The molecule has 25 heavy (non-hydrogen) atoms. The maximum absolute atomic E-state index is 10.9. The molecule has 0 aromatic heterocycles. The average Bonchev–Trinajstić information content (AvgIpc) is 2.67. The van der Waals surface area contributed by atoms with Crippen molar-refractivity contribution in [2.24, 2.45) is 0 Å². The second kappa shape index (κ2) is 5.98. The second-order valence-electron chi connectivity index (χ2n) is 7.46. The molecule has 0 bridgehead atoms. The fourth-order valence-electron chi connectivity index (χ4n) is 4.73. The van der Waals surface area contributed by atoms with Gasteiger partial charge in [0.05, 0.1) is 6.10 Å². The van der Waals surface area contributed by atoms with Gasteiger partial charge in [0.15, 0.2) is 0 Å². The topological polar surface area (TPSA) is 23.5 Å². The summed E-state index contributed by atoms with van der Waals surface area (Å²) in [5, 5.41) is 13.4. The number of aliphatic hydroxyl groups excluding tert-OH is 1. The first-order chi connectivity index (χ1) is 12.3. The van der Waals surface area contributed by atoms with Gasteiger partial charge < -0.3 is 5.11 Å². The Labute approximate surface area is 148 Å². The molecule has 0 saturated heterocycles. The van der Waals surface area contributed by atoms with E-state index in [1.807, 2.05) is 0 Å². The second-order valence-corrected chi connectivity index (χ2v) is 7.46. The number of rotatable bonds is 1. The van der Waals surface area contributed by atoms with E-state index in [-0.39, 0.29) is 6.10 Å². The van der Waals surface area contributed by atoms with Crippen molar-refractivity contribution in [2.75, 3.05) is 6.54 Å². The Morgan fingerprint density at radius 1 is 0.840 bits per heavy atom. The molecule has 0 spiro atoms. The summed E-state index contributed by atoms with van der Waals surface area (Å²) in [5.41, 5.74) is 5.42. The van der Waals surface area contributed by atoms with E-state index < -0.39 is 0 Å². The van der Waals surface area contributed by atoms with Crippen LogP contribution in [0.25, 0.3) is 10.8 Å². The van der Waals surface area contributed by atoms with Crippen molar-refractivity contribution in [3.63, 3.8) is 0 Å². The molecular formula is C23H23NO. The standard InChI is InChI=1S/C23H23NO/c25-22-14-20(24-12-11-16-5-1-2-7-19(16)15-24)13-18-10-9-17-6-3-4-8-21(17)23(18)22/h1-10,20,22,25H,11-15H2. The van der Waals surface area contributed by atoms with Gasteiger partial charge in [0, 0.05) is 19.1 Å². The Morgan fingerprint density at radius 2 is 1.64 bits per heavy atom. The summed E-state index contributed by atoms with van der Waals surface area (Å²) in [6.45, 7) is 2.10. The number of hydrogen-bond donors (Lipinski definition) is 1. The number of nitrogens with zero attached hydrogens (tertiary/aromatic N) is 1. The van der Waals surface area contributed by atoms with Crippen molar-refractivity contribution < 1.29 is 5.11 Å². The molecule has 1 heterocycles. The molecular weight excluding hydrogens is 306 g/mol. The zero-order valence-corrected chi connectivity index (χ0v) is 14.4. The van der Waals surface area contributed by atoms with Gasteiger partial charge in [0.25, 0.3) is 0 Å². The summed E-state index contributed by atoms with van der Waals surface area (Å²) in [5.74, 6) is 0. The summed E-state index contributed by atoms with van der Waals surface area (Å²) >= 11 is 0. The normalized spacial score (nSPS) is 23.2. The third-order valence-corrected chi connectivity index (χ3v) is 6.02. The van der Waals surface area contributed by atoms with Crippen LogP contribution in [0, 0.1) is 0 Å². The molecule has 2 heteroatoms. The van der Waals surface area contributed by atoms with E-state index in [1.54, 1.807) is 0 Å². The van der Waals surface area contributed by atoms with Crippen LogP contribution in [0.4, 0.5) is 0 Å². The maximum atomic E-state index is 10.9. The van der Waals surface area contributed by atoms with E-state index in [1.165, 1.54) is 27.5 Å². The minimum Gasteiger partial charge on any atom is -0.388 e. The summed E-state index contributed by atoms with van der Waals surface area (Å²) in [6, 6.07) is 22.1. The maximum Gasteiger partial charge on any atom is 0.0813 e. The summed E-state index contributed by atoms with van der Waals surface area (Å²) in [6.07, 6.45) is 2.63. The highest BCUT2D eigenvalue weighted by molar-refractivity contribution is 5.87. The third-order valence-electron chi connectivity index (χ3n) is 6.02. The van der Waals surface area contributed by atoms with E-state index in [0.29, 0.717) is 6.04 Å². The van der Waals surface area contributed by atoms with Crippen LogP contribution in [0.5, 0.6) is 0 Å². The monoisotopic (exact) mass is 329 g/mol. The third kappa shape index (κ3) is 2.57. The molecule has 0 saturated carbocycles. The zero-order valence-electron chi connectivity index (χ0n) is 14.4. The highest BCUT2D eigenvalue weighted by Gasteiger charge is 2.32. The minimum absolute atomic E-state index is 0.364.